The molecular formula is C23H30N4O3. The molecule has 0 atom stereocenters. The van der Waals surface area contributed by atoms with Gasteiger partial charge in [0.25, 0.3) is 0 Å². The third kappa shape index (κ3) is 5.97. The monoisotopic (exact) mass is 410 g/mol. The molecule has 160 valence electrons. The summed E-state index contributed by atoms with van der Waals surface area (Å²) in [6, 6.07) is 15.8. The molecule has 0 radical (unpaired) electrons. The Hall–Kier alpha value is -3.06. The van der Waals surface area contributed by atoms with Gasteiger partial charge in [-0.3, -0.25) is 9.79 Å². The molecule has 1 amide bonds. The van der Waals surface area contributed by atoms with Crippen molar-refractivity contribution in [1.29, 1.82) is 0 Å². The summed E-state index contributed by atoms with van der Waals surface area (Å²) in [5.41, 5.74) is 3.07. The second kappa shape index (κ2) is 11.2. The van der Waals surface area contributed by atoms with E-state index in [0.717, 1.165) is 42.9 Å². The highest BCUT2D eigenvalue weighted by atomic mass is 16.5. The van der Waals surface area contributed by atoms with Gasteiger partial charge >= 0.3 is 0 Å². The van der Waals surface area contributed by atoms with E-state index in [0.29, 0.717) is 19.2 Å². The quantitative estimate of drug-likeness (QED) is 0.397. The molecule has 2 aromatic carbocycles. The standard InChI is InChI=1S/C23H30N4O3/c1-24-23(26-19-10-5-11-20(16-19)30-15-7-14-29-2)25-17-22(28)27-13-6-9-18-8-3-4-12-21(18)27/h3-5,8,10-12,16H,6-7,9,13-15,17H2,1-2H3,(H2,24,25,26). The Morgan fingerprint density at radius 2 is 2.03 bits per heavy atom. The number of nitrogens with zero attached hydrogens (tertiary/aromatic N) is 2. The number of benzene rings is 2. The van der Waals surface area contributed by atoms with Gasteiger partial charge in [0.1, 0.15) is 5.75 Å². The van der Waals surface area contributed by atoms with Crippen molar-refractivity contribution in [3.63, 3.8) is 0 Å². The normalized spacial score (nSPS) is 13.5. The maximum atomic E-state index is 12.8. The van der Waals surface area contributed by atoms with Crippen molar-refractivity contribution in [3.8, 4) is 5.75 Å². The average molecular weight is 411 g/mol. The molecule has 2 N–H and O–H groups in total. The van der Waals surface area contributed by atoms with Crippen molar-refractivity contribution < 1.29 is 14.3 Å². The first-order valence-electron chi connectivity index (χ1n) is 10.3. The van der Waals surface area contributed by atoms with Crippen molar-refractivity contribution in [2.24, 2.45) is 4.99 Å². The summed E-state index contributed by atoms with van der Waals surface area (Å²) in [5, 5.41) is 6.33. The number of methoxy groups -OCH3 is 1. The Bertz CT molecular complexity index is 869. The molecule has 3 rings (SSSR count). The van der Waals surface area contributed by atoms with E-state index < -0.39 is 0 Å². The van der Waals surface area contributed by atoms with Crippen LogP contribution in [-0.4, -0.2) is 52.3 Å². The fraction of sp³-hybridized carbons (Fsp3) is 0.391. The van der Waals surface area contributed by atoms with Crippen LogP contribution >= 0.6 is 0 Å². The summed E-state index contributed by atoms with van der Waals surface area (Å²) in [4.78, 5) is 18.9. The predicted molar refractivity (Wildman–Crippen MR) is 121 cm³/mol. The van der Waals surface area contributed by atoms with E-state index in [9.17, 15) is 4.79 Å². The lowest BCUT2D eigenvalue weighted by Gasteiger charge is -2.29. The van der Waals surface area contributed by atoms with Crippen LogP contribution in [0.2, 0.25) is 0 Å². The maximum Gasteiger partial charge on any atom is 0.246 e. The first-order chi connectivity index (χ1) is 14.7. The smallest absolute Gasteiger partial charge is 0.246 e. The van der Waals surface area contributed by atoms with Crippen LogP contribution in [0.15, 0.2) is 53.5 Å². The molecule has 0 fully saturated rings. The second-order valence-corrected chi connectivity index (χ2v) is 7.05. The maximum absolute atomic E-state index is 12.8. The Morgan fingerprint density at radius 3 is 2.87 bits per heavy atom. The summed E-state index contributed by atoms with van der Waals surface area (Å²) in [6.07, 6.45) is 2.83. The van der Waals surface area contributed by atoms with E-state index in [-0.39, 0.29) is 12.5 Å². The number of aryl methyl sites for hydroxylation is 1. The number of ether oxygens (including phenoxy) is 2. The zero-order chi connectivity index (χ0) is 21.2. The van der Waals surface area contributed by atoms with Crippen LogP contribution in [0.3, 0.4) is 0 Å². The van der Waals surface area contributed by atoms with Gasteiger partial charge in [-0.25, -0.2) is 0 Å². The minimum atomic E-state index is 0.0281. The number of anilines is 2. The third-order valence-corrected chi connectivity index (χ3v) is 4.90. The van der Waals surface area contributed by atoms with Crippen LogP contribution in [0.4, 0.5) is 11.4 Å². The van der Waals surface area contributed by atoms with E-state index in [1.165, 1.54) is 5.56 Å². The molecule has 0 unspecified atom stereocenters. The van der Waals surface area contributed by atoms with E-state index in [4.69, 9.17) is 9.47 Å². The molecule has 30 heavy (non-hydrogen) atoms. The second-order valence-electron chi connectivity index (χ2n) is 7.05. The highest BCUT2D eigenvalue weighted by molar-refractivity contribution is 6.00. The van der Waals surface area contributed by atoms with Crippen LogP contribution < -0.4 is 20.3 Å². The minimum absolute atomic E-state index is 0.0281. The van der Waals surface area contributed by atoms with Crippen molar-refractivity contribution in [2.45, 2.75) is 19.3 Å². The zero-order valence-corrected chi connectivity index (χ0v) is 17.7. The molecule has 0 aromatic heterocycles. The predicted octanol–water partition coefficient (Wildman–Crippen LogP) is 3.07. The number of fused-ring (bicyclic) bond motifs is 1. The highest BCUT2D eigenvalue weighted by Crippen LogP contribution is 2.26. The number of hydrogen-bond acceptors (Lipinski definition) is 4. The van der Waals surface area contributed by atoms with Crippen LogP contribution in [0.25, 0.3) is 0 Å². The van der Waals surface area contributed by atoms with E-state index >= 15 is 0 Å². The Morgan fingerprint density at radius 1 is 1.17 bits per heavy atom. The topological polar surface area (TPSA) is 75.2 Å². The molecule has 0 saturated heterocycles. The summed E-state index contributed by atoms with van der Waals surface area (Å²) < 4.78 is 10.8. The third-order valence-electron chi connectivity index (χ3n) is 4.90. The Balaban J connectivity index is 1.54. The summed E-state index contributed by atoms with van der Waals surface area (Å²) in [6.45, 7) is 2.17. The number of aliphatic imine (C=N–C) groups is 1. The van der Waals surface area contributed by atoms with Crippen molar-refractivity contribution >= 4 is 23.2 Å². The van der Waals surface area contributed by atoms with Gasteiger partial charge in [-0.2, -0.15) is 0 Å². The molecule has 0 aliphatic carbocycles. The van der Waals surface area contributed by atoms with E-state index in [1.807, 2.05) is 47.4 Å². The fourth-order valence-corrected chi connectivity index (χ4v) is 3.42. The van der Waals surface area contributed by atoms with E-state index in [1.54, 1.807) is 14.2 Å². The van der Waals surface area contributed by atoms with Gasteiger partial charge in [0.05, 0.1) is 13.2 Å². The number of amides is 1. The van der Waals surface area contributed by atoms with Gasteiger partial charge in [-0.15, -0.1) is 0 Å². The minimum Gasteiger partial charge on any atom is -0.493 e. The van der Waals surface area contributed by atoms with Gasteiger partial charge in [-0.1, -0.05) is 24.3 Å². The highest BCUT2D eigenvalue weighted by Gasteiger charge is 2.22. The molecule has 0 saturated carbocycles. The van der Waals surface area contributed by atoms with Gasteiger partial charge in [-0.05, 0) is 36.6 Å². The summed E-state index contributed by atoms with van der Waals surface area (Å²) in [7, 11) is 3.36. The number of carbonyl (C=O) groups is 1. The van der Waals surface area contributed by atoms with Gasteiger partial charge < -0.3 is 25.0 Å². The SMILES string of the molecule is CN=C(NCC(=O)N1CCCc2ccccc21)Nc1cccc(OCCCOC)c1. The molecular weight excluding hydrogens is 380 g/mol. The molecule has 1 aliphatic rings. The summed E-state index contributed by atoms with van der Waals surface area (Å²) >= 11 is 0. The van der Waals surface area contributed by atoms with Gasteiger partial charge in [0, 0.05) is 51.2 Å². The lowest BCUT2D eigenvalue weighted by atomic mass is 10.0. The molecule has 0 bridgehead atoms. The van der Waals surface area contributed by atoms with Crippen LogP contribution in [-0.2, 0) is 16.0 Å². The fourth-order valence-electron chi connectivity index (χ4n) is 3.42. The van der Waals surface area contributed by atoms with Crippen molar-refractivity contribution in [3.05, 3.63) is 54.1 Å². The molecule has 7 nitrogen and oxygen atoms in total. The van der Waals surface area contributed by atoms with Crippen LogP contribution in [0.5, 0.6) is 5.75 Å². The number of nitrogens with one attached hydrogen (secondary N) is 2. The molecule has 1 aliphatic heterocycles. The van der Waals surface area contributed by atoms with Crippen LogP contribution in [0, 0.1) is 0 Å². The number of carbonyl (C=O) groups excluding carboxylic acids is 1. The van der Waals surface area contributed by atoms with Crippen molar-refractivity contribution in [1.82, 2.24) is 5.32 Å². The number of guanidine groups is 1. The number of hydrogen-bond donors (Lipinski definition) is 2. The molecule has 0 spiro atoms. The van der Waals surface area contributed by atoms with Gasteiger partial charge in [0.2, 0.25) is 5.91 Å². The lowest BCUT2D eigenvalue weighted by Crippen LogP contribution is -2.44. The number of para-hydroxylation sites is 1. The van der Waals surface area contributed by atoms with Crippen molar-refractivity contribution in [2.75, 3.05) is 50.7 Å². The van der Waals surface area contributed by atoms with Gasteiger partial charge in [0.15, 0.2) is 5.96 Å². The molecule has 7 heteroatoms. The lowest BCUT2D eigenvalue weighted by molar-refractivity contribution is -0.117. The van der Waals surface area contributed by atoms with Crippen LogP contribution in [0.1, 0.15) is 18.4 Å². The average Bonchev–Trinajstić information content (AvgIpc) is 2.79. The largest absolute Gasteiger partial charge is 0.493 e. The summed E-state index contributed by atoms with van der Waals surface area (Å²) in [5.74, 6) is 1.33. The van der Waals surface area contributed by atoms with E-state index in [2.05, 4.69) is 21.7 Å². The molecule has 2 aromatic rings. The zero-order valence-electron chi connectivity index (χ0n) is 17.7. The first kappa shape index (κ1) is 21.6. The Kier molecular flexibility index (Phi) is 8.09. The Labute approximate surface area is 178 Å². The first-order valence-corrected chi connectivity index (χ1v) is 10.3. The molecule has 1 heterocycles. The number of rotatable bonds is 8.